The molecule has 0 aliphatic carbocycles. The number of hydrogen-bond donors (Lipinski definition) is 2. The summed E-state index contributed by atoms with van der Waals surface area (Å²) in [4.78, 5) is 15.3. The van der Waals surface area contributed by atoms with E-state index in [-0.39, 0.29) is 11.9 Å². The predicted molar refractivity (Wildman–Crippen MR) is 97.4 cm³/mol. The summed E-state index contributed by atoms with van der Waals surface area (Å²) < 4.78 is 1.76. The summed E-state index contributed by atoms with van der Waals surface area (Å²) in [5, 5.41) is 21.2. The molecular formula is C19H23N5O2. The lowest BCUT2D eigenvalue weighted by atomic mass is 9.71. The molecule has 4 saturated heterocycles. The molecule has 4 bridgehead atoms. The number of piperidine rings is 4. The molecule has 4 fully saturated rings. The monoisotopic (exact) mass is 353 g/mol. The van der Waals surface area contributed by atoms with Crippen LogP contribution in [0.25, 0.3) is 10.9 Å². The van der Waals surface area contributed by atoms with E-state index < -0.39 is 0 Å². The number of hydrogen-bond acceptors (Lipinski definition) is 5. The first-order valence-electron chi connectivity index (χ1n) is 9.33. The largest absolute Gasteiger partial charge is 0.411 e. The van der Waals surface area contributed by atoms with E-state index in [4.69, 9.17) is 5.21 Å². The highest BCUT2D eigenvalue weighted by Gasteiger charge is 2.48. The molecule has 1 aromatic heterocycles. The number of carbonyl (C=O) groups excluding carboxylic acids is 1. The van der Waals surface area contributed by atoms with Crippen LogP contribution in [-0.2, 0) is 7.05 Å². The predicted octanol–water partition coefficient (Wildman–Crippen LogP) is 1.76. The zero-order valence-electron chi connectivity index (χ0n) is 14.8. The first-order chi connectivity index (χ1) is 12.6. The second kappa shape index (κ2) is 5.81. The second-order valence-electron chi connectivity index (χ2n) is 7.87. The van der Waals surface area contributed by atoms with Crippen LogP contribution in [0.3, 0.4) is 0 Å². The minimum Gasteiger partial charge on any atom is -0.411 e. The van der Waals surface area contributed by atoms with Gasteiger partial charge in [-0.25, -0.2) is 0 Å². The molecule has 2 N–H and O–H groups in total. The Balaban J connectivity index is 1.33. The summed E-state index contributed by atoms with van der Waals surface area (Å²) in [6, 6.07) is 8.97. The zero-order valence-corrected chi connectivity index (χ0v) is 14.8. The minimum absolute atomic E-state index is 0.0791. The van der Waals surface area contributed by atoms with Crippen molar-refractivity contribution in [2.45, 2.75) is 43.8 Å². The summed E-state index contributed by atoms with van der Waals surface area (Å²) in [5.41, 5.74) is 2.41. The average Bonchev–Trinajstić information content (AvgIpc) is 2.98. The van der Waals surface area contributed by atoms with E-state index in [0.717, 1.165) is 48.8 Å². The maximum atomic E-state index is 12.9. The maximum absolute atomic E-state index is 12.9. The van der Waals surface area contributed by atoms with Crippen molar-refractivity contribution >= 4 is 22.5 Å². The van der Waals surface area contributed by atoms with E-state index >= 15 is 0 Å². The normalized spacial score (nSPS) is 34.3. The van der Waals surface area contributed by atoms with Gasteiger partial charge in [-0.2, -0.15) is 5.10 Å². The molecule has 0 radical (unpaired) electrons. The molecule has 26 heavy (non-hydrogen) atoms. The Kier molecular flexibility index (Phi) is 3.53. The van der Waals surface area contributed by atoms with Crippen molar-refractivity contribution in [2.24, 2.45) is 18.1 Å². The van der Waals surface area contributed by atoms with Gasteiger partial charge in [0.15, 0.2) is 5.69 Å². The van der Waals surface area contributed by atoms with Gasteiger partial charge in [0.05, 0.1) is 11.2 Å². The van der Waals surface area contributed by atoms with Crippen LogP contribution in [0, 0.1) is 5.92 Å². The van der Waals surface area contributed by atoms with Gasteiger partial charge in [-0.15, -0.1) is 0 Å². The third-order valence-corrected chi connectivity index (χ3v) is 6.42. The fraction of sp³-hybridized carbons (Fsp3) is 0.526. The summed E-state index contributed by atoms with van der Waals surface area (Å²) in [6.45, 7) is 0.780. The highest BCUT2D eigenvalue weighted by atomic mass is 16.4. The fourth-order valence-corrected chi connectivity index (χ4v) is 5.25. The van der Waals surface area contributed by atoms with E-state index in [2.05, 4.69) is 20.5 Å². The molecule has 1 amide bonds. The van der Waals surface area contributed by atoms with Crippen molar-refractivity contribution in [3.8, 4) is 0 Å². The molecule has 5 heterocycles. The van der Waals surface area contributed by atoms with Crippen molar-refractivity contribution in [1.82, 2.24) is 20.0 Å². The molecule has 0 saturated carbocycles. The van der Waals surface area contributed by atoms with Crippen LogP contribution in [0.1, 0.15) is 36.2 Å². The van der Waals surface area contributed by atoms with Gasteiger partial charge in [0.1, 0.15) is 0 Å². The van der Waals surface area contributed by atoms with Crippen molar-refractivity contribution in [2.75, 3.05) is 6.54 Å². The molecule has 6 rings (SSSR count). The van der Waals surface area contributed by atoms with Gasteiger partial charge in [-0.3, -0.25) is 14.4 Å². The number of para-hydroxylation sites is 1. The van der Waals surface area contributed by atoms with E-state index in [0.29, 0.717) is 23.7 Å². The third kappa shape index (κ3) is 2.34. The van der Waals surface area contributed by atoms with E-state index in [9.17, 15) is 4.79 Å². The molecular weight excluding hydrogens is 330 g/mol. The number of benzene rings is 1. The Bertz CT molecular complexity index is 888. The molecule has 4 aliphatic rings. The van der Waals surface area contributed by atoms with Crippen molar-refractivity contribution in [3.63, 3.8) is 0 Å². The number of nitrogens with zero attached hydrogens (tertiary/aromatic N) is 4. The summed E-state index contributed by atoms with van der Waals surface area (Å²) >= 11 is 0. The van der Waals surface area contributed by atoms with E-state index in [1.165, 1.54) is 0 Å². The minimum atomic E-state index is -0.0791. The number of fused-ring (bicyclic) bond motifs is 2. The number of amides is 1. The van der Waals surface area contributed by atoms with Crippen LogP contribution in [0.4, 0.5) is 0 Å². The second-order valence-corrected chi connectivity index (χ2v) is 7.87. The number of rotatable bonds is 2. The molecule has 136 valence electrons. The topological polar surface area (TPSA) is 82.8 Å². The number of carbonyl (C=O) groups is 1. The lowest BCUT2D eigenvalue weighted by Crippen LogP contribution is -2.64. The Morgan fingerprint density at radius 2 is 1.96 bits per heavy atom. The number of aromatic nitrogens is 2. The molecule has 1 aromatic carbocycles. The van der Waals surface area contributed by atoms with Crippen LogP contribution in [-0.4, -0.2) is 56.2 Å². The van der Waals surface area contributed by atoms with Gasteiger partial charge >= 0.3 is 0 Å². The molecule has 5 atom stereocenters. The quantitative estimate of drug-likeness (QED) is 0.637. The molecule has 0 spiro atoms. The van der Waals surface area contributed by atoms with E-state index in [1.54, 1.807) is 4.68 Å². The Morgan fingerprint density at radius 3 is 2.65 bits per heavy atom. The van der Waals surface area contributed by atoms with Crippen molar-refractivity contribution < 1.29 is 10.0 Å². The highest BCUT2D eigenvalue weighted by Crippen LogP contribution is 2.41. The number of nitrogens with one attached hydrogen (secondary N) is 1. The van der Waals surface area contributed by atoms with Gasteiger partial charge in [0, 0.05) is 43.0 Å². The van der Waals surface area contributed by atoms with Crippen molar-refractivity contribution in [1.29, 1.82) is 0 Å². The number of aryl methyl sites for hydroxylation is 1. The van der Waals surface area contributed by atoms with Crippen LogP contribution < -0.4 is 5.32 Å². The SMILES string of the molecule is Cn1nc(C(=O)NC2CC3C[C@@H]4C[C@H](C2)N3C/C4=N\O)c2ccccc21. The molecule has 7 heteroatoms. The van der Waals surface area contributed by atoms with Gasteiger partial charge in [0.25, 0.3) is 5.91 Å². The molecule has 7 nitrogen and oxygen atoms in total. The molecule has 3 unspecified atom stereocenters. The van der Waals surface area contributed by atoms with Crippen LogP contribution in [0.2, 0.25) is 0 Å². The lowest BCUT2D eigenvalue weighted by molar-refractivity contribution is 0.00448. The number of oxime groups is 1. The van der Waals surface area contributed by atoms with Crippen LogP contribution in [0.5, 0.6) is 0 Å². The summed E-state index contributed by atoms with van der Waals surface area (Å²) in [6.07, 6.45) is 3.99. The average molecular weight is 353 g/mol. The summed E-state index contributed by atoms with van der Waals surface area (Å²) in [5.74, 6) is 0.334. The standard InChI is InChI=1S/C19H23N5O2/c1-23-17-5-3-2-4-15(17)18(21-23)19(25)20-12-8-13-6-11-7-14(9-12)24(13)10-16(11)22-26/h2-5,11-14,26H,6-10H2,1H3,(H,20,25)/b22-16+/t11-,12?,13+,14?/m0/s1. The third-order valence-electron chi connectivity index (χ3n) is 6.42. The van der Waals surface area contributed by atoms with Gasteiger partial charge in [-0.1, -0.05) is 23.4 Å². The maximum Gasteiger partial charge on any atom is 0.272 e. The van der Waals surface area contributed by atoms with Gasteiger partial charge in [0.2, 0.25) is 0 Å². The Morgan fingerprint density at radius 1 is 1.23 bits per heavy atom. The smallest absolute Gasteiger partial charge is 0.272 e. The highest BCUT2D eigenvalue weighted by molar-refractivity contribution is 6.05. The van der Waals surface area contributed by atoms with Crippen molar-refractivity contribution in [3.05, 3.63) is 30.0 Å². The molecule has 2 aromatic rings. The Labute approximate surface area is 151 Å². The Hall–Kier alpha value is -2.41. The van der Waals surface area contributed by atoms with E-state index in [1.807, 2.05) is 31.3 Å². The van der Waals surface area contributed by atoms with Gasteiger partial charge in [-0.05, 0) is 31.7 Å². The lowest BCUT2D eigenvalue weighted by Gasteiger charge is -2.55. The van der Waals surface area contributed by atoms with Crippen LogP contribution >= 0.6 is 0 Å². The first-order valence-corrected chi connectivity index (χ1v) is 9.33. The zero-order chi connectivity index (χ0) is 17.8. The van der Waals surface area contributed by atoms with Crippen LogP contribution in [0.15, 0.2) is 29.4 Å². The van der Waals surface area contributed by atoms with Gasteiger partial charge < -0.3 is 10.5 Å². The fourth-order valence-electron chi connectivity index (χ4n) is 5.25. The summed E-state index contributed by atoms with van der Waals surface area (Å²) in [7, 11) is 1.87. The molecule has 4 aliphatic heterocycles. The first kappa shape index (κ1) is 15.8.